The molecule has 25 heavy (non-hydrogen) atoms. The second kappa shape index (κ2) is 6.02. The van der Waals surface area contributed by atoms with E-state index in [9.17, 15) is 19.5 Å². The van der Waals surface area contributed by atoms with Gasteiger partial charge in [0, 0.05) is 30.7 Å². The number of fused-ring (bicyclic) bond motifs is 1. The number of carbonyl (C=O) groups is 2. The maximum absolute atomic E-state index is 12.7. The largest absolute Gasteiger partial charge is 0.481 e. The van der Waals surface area contributed by atoms with Crippen LogP contribution < -0.4 is 5.43 Å². The van der Waals surface area contributed by atoms with Crippen molar-refractivity contribution in [1.29, 1.82) is 0 Å². The summed E-state index contributed by atoms with van der Waals surface area (Å²) in [7, 11) is 0. The molecule has 2 aromatic rings. The van der Waals surface area contributed by atoms with Crippen molar-refractivity contribution >= 4 is 22.8 Å². The SMILES string of the molecule is O=C(O)[C@H]1CN(C(=O)Cn2ccc(=O)c3ccccc32)C[C@@H]1C1CC1. The minimum Gasteiger partial charge on any atom is -0.481 e. The van der Waals surface area contributed by atoms with Gasteiger partial charge in [0.25, 0.3) is 0 Å². The van der Waals surface area contributed by atoms with Gasteiger partial charge in [0.1, 0.15) is 6.54 Å². The molecule has 1 saturated heterocycles. The molecule has 6 nitrogen and oxygen atoms in total. The monoisotopic (exact) mass is 340 g/mol. The Bertz CT molecular complexity index is 900. The first kappa shape index (κ1) is 15.9. The number of amides is 1. The molecule has 2 atom stereocenters. The third kappa shape index (κ3) is 2.92. The van der Waals surface area contributed by atoms with Crippen LogP contribution in [0.15, 0.2) is 41.3 Å². The lowest BCUT2D eigenvalue weighted by molar-refractivity contribution is -0.142. The van der Waals surface area contributed by atoms with E-state index in [1.54, 1.807) is 27.8 Å². The van der Waals surface area contributed by atoms with Gasteiger partial charge in [-0.05, 0) is 36.8 Å². The maximum atomic E-state index is 12.7. The lowest BCUT2D eigenvalue weighted by Gasteiger charge is -2.18. The molecule has 6 heteroatoms. The molecule has 0 radical (unpaired) electrons. The number of para-hydroxylation sites is 1. The zero-order valence-electron chi connectivity index (χ0n) is 13.8. The van der Waals surface area contributed by atoms with E-state index in [2.05, 4.69) is 0 Å². The van der Waals surface area contributed by atoms with Crippen LogP contribution in [0.2, 0.25) is 0 Å². The lowest BCUT2D eigenvalue weighted by Crippen LogP contribution is -2.33. The molecule has 2 aliphatic rings. The summed E-state index contributed by atoms with van der Waals surface area (Å²) >= 11 is 0. The summed E-state index contributed by atoms with van der Waals surface area (Å²) in [5, 5.41) is 10.0. The van der Waals surface area contributed by atoms with Gasteiger partial charge in [0.2, 0.25) is 5.91 Å². The number of aromatic nitrogens is 1. The first-order chi connectivity index (χ1) is 12.0. The van der Waals surface area contributed by atoms with Gasteiger partial charge < -0.3 is 14.6 Å². The molecule has 0 spiro atoms. The van der Waals surface area contributed by atoms with Crippen molar-refractivity contribution in [3.05, 3.63) is 46.8 Å². The van der Waals surface area contributed by atoms with E-state index in [-0.39, 0.29) is 30.3 Å². The summed E-state index contributed by atoms with van der Waals surface area (Å²) in [5.41, 5.74) is 0.649. The van der Waals surface area contributed by atoms with Crippen molar-refractivity contribution in [3.63, 3.8) is 0 Å². The van der Waals surface area contributed by atoms with Crippen LogP contribution in [-0.4, -0.2) is 39.5 Å². The first-order valence-corrected chi connectivity index (χ1v) is 8.63. The standard InChI is InChI=1S/C19H20N2O4/c22-17-7-8-20(16-4-2-1-3-13(16)17)11-18(23)21-9-14(12-5-6-12)15(10-21)19(24)25/h1-4,7-8,12,14-15H,5-6,9-11H2,(H,24,25)/t14-,15+/m1/s1. The van der Waals surface area contributed by atoms with Crippen LogP contribution in [0, 0.1) is 17.8 Å². The minimum atomic E-state index is -0.805. The Morgan fingerprint density at radius 1 is 1.12 bits per heavy atom. The summed E-state index contributed by atoms with van der Waals surface area (Å²) in [4.78, 5) is 37.9. The highest BCUT2D eigenvalue weighted by Crippen LogP contribution is 2.44. The summed E-state index contributed by atoms with van der Waals surface area (Å²) < 4.78 is 1.76. The number of likely N-dealkylation sites (tertiary alicyclic amines) is 1. The molecule has 1 saturated carbocycles. The van der Waals surface area contributed by atoms with Crippen molar-refractivity contribution in [2.75, 3.05) is 13.1 Å². The molecule has 0 bridgehead atoms. The van der Waals surface area contributed by atoms with Gasteiger partial charge >= 0.3 is 5.97 Å². The average molecular weight is 340 g/mol. The highest BCUT2D eigenvalue weighted by atomic mass is 16.4. The van der Waals surface area contributed by atoms with Gasteiger partial charge in [-0.25, -0.2) is 0 Å². The van der Waals surface area contributed by atoms with Gasteiger partial charge in [-0.2, -0.15) is 0 Å². The van der Waals surface area contributed by atoms with Crippen LogP contribution >= 0.6 is 0 Å². The van der Waals surface area contributed by atoms with Crippen LogP contribution in [0.4, 0.5) is 0 Å². The quantitative estimate of drug-likeness (QED) is 0.916. The minimum absolute atomic E-state index is 0.0692. The van der Waals surface area contributed by atoms with E-state index in [1.807, 2.05) is 12.1 Å². The van der Waals surface area contributed by atoms with Crippen molar-refractivity contribution in [3.8, 4) is 0 Å². The Morgan fingerprint density at radius 2 is 1.88 bits per heavy atom. The molecule has 1 aromatic heterocycles. The Labute approximate surface area is 144 Å². The van der Waals surface area contributed by atoms with E-state index in [0.29, 0.717) is 17.8 Å². The zero-order valence-corrected chi connectivity index (χ0v) is 13.8. The number of benzene rings is 1. The van der Waals surface area contributed by atoms with Gasteiger partial charge in [-0.3, -0.25) is 14.4 Å². The van der Waals surface area contributed by atoms with E-state index in [0.717, 1.165) is 18.4 Å². The molecular formula is C19H20N2O4. The molecule has 4 rings (SSSR count). The van der Waals surface area contributed by atoms with Crippen LogP contribution in [-0.2, 0) is 16.1 Å². The maximum Gasteiger partial charge on any atom is 0.308 e. The third-order valence-electron chi connectivity index (χ3n) is 5.45. The van der Waals surface area contributed by atoms with Crippen LogP contribution in [0.25, 0.3) is 10.9 Å². The van der Waals surface area contributed by atoms with Gasteiger partial charge in [-0.15, -0.1) is 0 Å². The molecule has 2 heterocycles. The second-order valence-corrected chi connectivity index (χ2v) is 7.07. The van der Waals surface area contributed by atoms with Crippen molar-refractivity contribution in [2.24, 2.45) is 17.8 Å². The highest BCUT2D eigenvalue weighted by Gasteiger charge is 2.46. The van der Waals surface area contributed by atoms with Crippen LogP contribution in [0.1, 0.15) is 12.8 Å². The number of carboxylic acids is 1. The fourth-order valence-electron chi connectivity index (χ4n) is 3.94. The molecule has 1 amide bonds. The predicted octanol–water partition coefficient (Wildman–Crippen LogP) is 1.57. The van der Waals surface area contributed by atoms with Crippen molar-refractivity contribution in [2.45, 2.75) is 19.4 Å². The van der Waals surface area contributed by atoms with Crippen molar-refractivity contribution < 1.29 is 14.7 Å². The zero-order chi connectivity index (χ0) is 17.6. The van der Waals surface area contributed by atoms with Gasteiger partial charge in [0.05, 0.1) is 11.4 Å². The molecule has 0 unspecified atom stereocenters. The number of nitrogens with zero attached hydrogens (tertiary/aromatic N) is 2. The number of rotatable bonds is 4. The number of hydrogen-bond acceptors (Lipinski definition) is 3. The highest BCUT2D eigenvalue weighted by molar-refractivity contribution is 5.83. The molecule has 130 valence electrons. The molecule has 1 aliphatic carbocycles. The number of hydrogen-bond donors (Lipinski definition) is 1. The molecular weight excluding hydrogens is 320 g/mol. The number of aliphatic carboxylic acids is 1. The number of carbonyl (C=O) groups excluding carboxylic acids is 1. The predicted molar refractivity (Wildman–Crippen MR) is 92.1 cm³/mol. The van der Waals surface area contributed by atoms with E-state index >= 15 is 0 Å². The molecule has 1 N–H and O–H groups in total. The Morgan fingerprint density at radius 3 is 2.60 bits per heavy atom. The first-order valence-electron chi connectivity index (χ1n) is 8.63. The van der Waals surface area contributed by atoms with Crippen LogP contribution in [0.3, 0.4) is 0 Å². The Hall–Kier alpha value is -2.63. The van der Waals surface area contributed by atoms with Crippen molar-refractivity contribution in [1.82, 2.24) is 9.47 Å². The molecule has 1 aliphatic heterocycles. The van der Waals surface area contributed by atoms with E-state index in [1.165, 1.54) is 6.07 Å². The fraction of sp³-hybridized carbons (Fsp3) is 0.421. The Kier molecular flexibility index (Phi) is 3.82. The van der Waals surface area contributed by atoms with Gasteiger partial charge in [-0.1, -0.05) is 12.1 Å². The Balaban J connectivity index is 1.56. The molecule has 1 aromatic carbocycles. The normalized spacial score (nSPS) is 23.1. The van der Waals surface area contributed by atoms with Gasteiger partial charge in [0.15, 0.2) is 5.43 Å². The smallest absolute Gasteiger partial charge is 0.308 e. The number of carboxylic acid groups (broad SMARTS) is 1. The topological polar surface area (TPSA) is 79.6 Å². The summed E-state index contributed by atoms with van der Waals surface area (Å²) in [6, 6.07) is 8.67. The number of pyridine rings is 1. The van der Waals surface area contributed by atoms with E-state index in [4.69, 9.17) is 0 Å². The summed E-state index contributed by atoms with van der Waals surface area (Å²) in [6.45, 7) is 0.927. The summed E-state index contributed by atoms with van der Waals surface area (Å²) in [5.74, 6) is -0.828. The van der Waals surface area contributed by atoms with Crippen LogP contribution in [0.5, 0.6) is 0 Å². The van der Waals surface area contributed by atoms with E-state index < -0.39 is 11.9 Å². The summed E-state index contributed by atoms with van der Waals surface area (Å²) in [6.07, 6.45) is 3.77. The fourth-order valence-corrected chi connectivity index (χ4v) is 3.94. The molecule has 2 fully saturated rings. The second-order valence-electron chi connectivity index (χ2n) is 7.07. The third-order valence-corrected chi connectivity index (χ3v) is 5.45. The lowest BCUT2D eigenvalue weighted by atomic mass is 9.92. The average Bonchev–Trinajstić information content (AvgIpc) is 3.35.